The maximum Gasteiger partial charge on any atom is 0.407 e. The average Bonchev–Trinajstić information content (AvgIpc) is 2.86. The number of hydrogen-bond acceptors (Lipinski definition) is 5. The third kappa shape index (κ3) is 5.22. The molecule has 6 nitrogen and oxygen atoms in total. The Morgan fingerprint density at radius 2 is 1.70 bits per heavy atom. The van der Waals surface area contributed by atoms with Gasteiger partial charge in [0, 0.05) is 17.4 Å². The molecule has 0 unspecified atom stereocenters. The van der Waals surface area contributed by atoms with Crippen molar-refractivity contribution in [2.75, 3.05) is 0 Å². The summed E-state index contributed by atoms with van der Waals surface area (Å²) >= 11 is 0. The van der Waals surface area contributed by atoms with Crippen LogP contribution in [0.1, 0.15) is 84.9 Å². The Balaban J connectivity index is 1.84. The number of rotatable bonds is 2. The fourth-order valence-electron chi connectivity index (χ4n) is 2.66. The first-order valence-corrected chi connectivity index (χ1v) is 8.38. The van der Waals surface area contributed by atoms with Gasteiger partial charge in [0.1, 0.15) is 5.60 Å². The van der Waals surface area contributed by atoms with Gasteiger partial charge in [-0.3, -0.25) is 0 Å². The van der Waals surface area contributed by atoms with E-state index in [1.165, 1.54) is 0 Å². The second-order valence-electron chi connectivity index (χ2n) is 8.39. The number of carbonyl (C=O) groups is 1. The standard InChI is InChI=1S/C17H29N3O3/c1-16(2,3)14-20-19-13(22-14)11-7-9-12(10-8-11)18-15(21)23-17(4,5)6/h11-12H,7-10H2,1-6H3,(H,18,21). The van der Waals surface area contributed by atoms with Crippen molar-refractivity contribution in [3.05, 3.63) is 11.8 Å². The molecule has 1 aliphatic rings. The quantitative estimate of drug-likeness (QED) is 0.892. The van der Waals surface area contributed by atoms with Gasteiger partial charge in [0.2, 0.25) is 11.8 Å². The highest BCUT2D eigenvalue weighted by Crippen LogP contribution is 2.33. The van der Waals surface area contributed by atoms with Crippen molar-refractivity contribution in [3.63, 3.8) is 0 Å². The summed E-state index contributed by atoms with van der Waals surface area (Å²) in [6.45, 7) is 11.8. The molecule has 2 rings (SSSR count). The molecule has 1 aliphatic carbocycles. The van der Waals surface area contributed by atoms with E-state index in [1.54, 1.807) is 0 Å². The summed E-state index contributed by atoms with van der Waals surface area (Å²) in [6, 6.07) is 0.158. The molecule has 0 aliphatic heterocycles. The van der Waals surface area contributed by atoms with Crippen LogP contribution in [0, 0.1) is 0 Å². The van der Waals surface area contributed by atoms with Crippen molar-refractivity contribution in [1.82, 2.24) is 15.5 Å². The Morgan fingerprint density at radius 3 is 2.17 bits per heavy atom. The van der Waals surface area contributed by atoms with E-state index in [9.17, 15) is 4.79 Å². The molecule has 0 radical (unpaired) electrons. The van der Waals surface area contributed by atoms with Crippen LogP contribution in [0.5, 0.6) is 0 Å². The van der Waals surface area contributed by atoms with Gasteiger partial charge in [0.15, 0.2) is 0 Å². The molecular formula is C17H29N3O3. The predicted molar refractivity (Wildman–Crippen MR) is 87.4 cm³/mol. The number of nitrogens with one attached hydrogen (secondary N) is 1. The van der Waals surface area contributed by atoms with Crippen molar-refractivity contribution in [2.24, 2.45) is 0 Å². The van der Waals surface area contributed by atoms with Gasteiger partial charge in [-0.05, 0) is 46.5 Å². The van der Waals surface area contributed by atoms with Gasteiger partial charge in [0.05, 0.1) is 0 Å². The van der Waals surface area contributed by atoms with Crippen molar-refractivity contribution < 1.29 is 13.9 Å². The fraction of sp³-hybridized carbons (Fsp3) is 0.824. The maximum atomic E-state index is 11.8. The summed E-state index contributed by atoms with van der Waals surface area (Å²) in [5.74, 6) is 1.70. The zero-order chi connectivity index (χ0) is 17.3. The van der Waals surface area contributed by atoms with Crippen LogP contribution >= 0.6 is 0 Å². The summed E-state index contributed by atoms with van der Waals surface area (Å²) in [4.78, 5) is 11.8. The molecule has 1 heterocycles. The molecule has 0 spiro atoms. The molecule has 1 aromatic heterocycles. The molecule has 1 N–H and O–H groups in total. The normalized spacial score (nSPS) is 22.7. The number of alkyl carbamates (subject to hydrolysis) is 1. The SMILES string of the molecule is CC(C)(C)OC(=O)NC1CCC(c2nnc(C(C)(C)C)o2)CC1. The van der Waals surface area contributed by atoms with E-state index < -0.39 is 5.60 Å². The van der Waals surface area contributed by atoms with Gasteiger partial charge < -0.3 is 14.5 Å². The van der Waals surface area contributed by atoms with Crippen LogP contribution in [-0.2, 0) is 10.2 Å². The fourth-order valence-corrected chi connectivity index (χ4v) is 2.66. The Hall–Kier alpha value is -1.59. The molecule has 0 bridgehead atoms. The lowest BCUT2D eigenvalue weighted by Gasteiger charge is -2.28. The molecule has 6 heteroatoms. The molecule has 0 saturated heterocycles. The third-order valence-corrected chi connectivity index (χ3v) is 3.88. The largest absolute Gasteiger partial charge is 0.444 e. The van der Waals surface area contributed by atoms with Crippen LogP contribution in [0.2, 0.25) is 0 Å². The maximum absolute atomic E-state index is 11.8. The van der Waals surface area contributed by atoms with E-state index in [0.29, 0.717) is 5.89 Å². The minimum atomic E-state index is -0.464. The third-order valence-electron chi connectivity index (χ3n) is 3.88. The molecule has 130 valence electrons. The molecule has 1 fully saturated rings. The Morgan fingerprint density at radius 1 is 1.09 bits per heavy atom. The van der Waals surface area contributed by atoms with Crippen LogP contribution in [0.15, 0.2) is 4.42 Å². The first-order valence-electron chi connectivity index (χ1n) is 8.38. The summed E-state index contributed by atoms with van der Waals surface area (Å²) in [6.07, 6.45) is 3.33. The lowest BCUT2D eigenvalue weighted by Crippen LogP contribution is -2.40. The number of nitrogens with zero attached hydrogens (tertiary/aromatic N) is 2. The monoisotopic (exact) mass is 323 g/mol. The Labute approximate surface area is 138 Å². The average molecular weight is 323 g/mol. The summed E-state index contributed by atoms with van der Waals surface area (Å²) in [5.41, 5.74) is -0.588. The summed E-state index contributed by atoms with van der Waals surface area (Å²) in [7, 11) is 0. The highest BCUT2D eigenvalue weighted by molar-refractivity contribution is 5.68. The van der Waals surface area contributed by atoms with Crippen molar-refractivity contribution in [2.45, 2.75) is 90.2 Å². The van der Waals surface area contributed by atoms with Gasteiger partial charge in [-0.2, -0.15) is 0 Å². The van der Waals surface area contributed by atoms with Gasteiger partial charge in [0.25, 0.3) is 0 Å². The van der Waals surface area contributed by atoms with Gasteiger partial charge in [-0.1, -0.05) is 20.8 Å². The molecule has 0 atom stereocenters. The molecule has 1 aromatic rings. The number of amides is 1. The summed E-state index contributed by atoms with van der Waals surface area (Å²) in [5, 5.41) is 11.3. The number of hydrogen-bond donors (Lipinski definition) is 1. The van der Waals surface area contributed by atoms with Crippen LogP contribution in [0.25, 0.3) is 0 Å². The van der Waals surface area contributed by atoms with Gasteiger partial charge >= 0.3 is 6.09 Å². The van der Waals surface area contributed by atoms with Gasteiger partial charge in [-0.15, -0.1) is 10.2 Å². The van der Waals surface area contributed by atoms with E-state index in [0.717, 1.165) is 31.6 Å². The number of ether oxygens (including phenoxy) is 1. The topological polar surface area (TPSA) is 77.2 Å². The highest BCUT2D eigenvalue weighted by atomic mass is 16.6. The van der Waals surface area contributed by atoms with Crippen LogP contribution < -0.4 is 5.32 Å². The Kier molecular flexibility index (Phi) is 5.01. The lowest BCUT2D eigenvalue weighted by atomic mass is 9.86. The highest BCUT2D eigenvalue weighted by Gasteiger charge is 2.30. The Bertz CT molecular complexity index is 532. The minimum absolute atomic E-state index is 0.124. The summed E-state index contributed by atoms with van der Waals surface area (Å²) < 4.78 is 11.1. The van der Waals surface area contributed by atoms with E-state index in [4.69, 9.17) is 9.15 Å². The minimum Gasteiger partial charge on any atom is -0.444 e. The molecule has 23 heavy (non-hydrogen) atoms. The zero-order valence-electron chi connectivity index (χ0n) is 15.1. The second kappa shape index (κ2) is 6.49. The van der Waals surface area contributed by atoms with Crippen LogP contribution in [0.4, 0.5) is 4.79 Å². The predicted octanol–water partition coefficient (Wildman–Crippen LogP) is 3.92. The zero-order valence-corrected chi connectivity index (χ0v) is 15.1. The molecular weight excluding hydrogens is 294 g/mol. The smallest absolute Gasteiger partial charge is 0.407 e. The molecule has 1 saturated carbocycles. The first-order chi connectivity index (χ1) is 10.5. The van der Waals surface area contributed by atoms with Gasteiger partial charge in [-0.25, -0.2) is 4.79 Å². The molecule has 1 amide bonds. The lowest BCUT2D eigenvalue weighted by molar-refractivity contribution is 0.0490. The number of carbonyl (C=O) groups excluding carboxylic acids is 1. The second-order valence-corrected chi connectivity index (χ2v) is 8.39. The van der Waals surface area contributed by atoms with E-state index in [2.05, 4.69) is 36.3 Å². The van der Waals surface area contributed by atoms with E-state index in [-0.39, 0.29) is 23.5 Å². The number of aromatic nitrogens is 2. The first kappa shape index (κ1) is 17.8. The van der Waals surface area contributed by atoms with Crippen molar-refractivity contribution in [3.8, 4) is 0 Å². The molecule has 0 aromatic carbocycles. The van der Waals surface area contributed by atoms with E-state index >= 15 is 0 Å². The van der Waals surface area contributed by atoms with Crippen molar-refractivity contribution >= 4 is 6.09 Å². The van der Waals surface area contributed by atoms with Crippen molar-refractivity contribution in [1.29, 1.82) is 0 Å². The van der Waals surface area contributed by atoms with Crippen LogP contribution in [0.3, 0.4) is 0 Å². The van der Waals surface area contributed by atoms with Crippen LogP contribution in [-0.4, -0.2) is 27.9 Å². The van der Waals surface area contributed by atoms with E-state index in [1.807, 2.05) is 20.8 Å².